The molecule has 0 aliphatic heterocycles. The molecule has 0 heterocycles. The lowest BCUT2D eigenvalue weighted by molar-refractivity contribution is 0.283. The summed E-state index contributed by atoms with van der Waals surface area (Å²) < 4.78 is 0. The van der Waals surface area contributed by atoms with Gasteiger partial charge in [-0.25, -0.2) is 0 Å². The lowest BCUT2D eigenvalue weighted by Crippen LogP contribution is -2.16. The van der Waals surface area contributed by atoms with E-state index in [2.05, 4.69) is 13.0 Å². The van der Waals surface area contributed by atoms with E-state index in [0.717, 1.165) is 6.42 Å². The van der Waals surface area contributed by atoms with E-state index in [9.17, 15) is 0 Å². The zero-order chi connectivity index (χ0) is 7.40. The van der Waals surface area contributed by atoms with E-state index in [4.69, 9.17) is 5.26 Å². The van der Waals surface area contributed by atoms with Crippen LogP contribution in [0, 0.1) is 23.2 Å². The quantitative estimate of drug-likeness (QED) is 0.545. The Morgan fingerprint density at radius 2 is 2.10 bits per heavy atom. The van der Waals surface area contributed by atoms with Gasteiger partial charge in [0, 0.05) is 5.92 Å². The number of nitrogens with zero attached hydrogens (tertiary/aromatic N) is 1. The zero-order valence-electron chi connectivity index (χ0n) is 6.64. The molecule has 0 aromatic carbocycles. The monoisotopic (exact) mass is 137 g/mol. The second kappa shape index (κ2) is 3.61. The van der Waals surface area contributed by atoms with Crippen molar-refractivity contribution in [2.45, 2.75) is 39.0 Å². The van der Waals surface area contributed by atoms with E-state index in [1.807, 2.05) is 0 Å². The Morgan fingerprint density at radius 1 is 1.40 bits per heavy atom. The van der Waals surface area contributed by atoms with Gasteiger partial charge in [-0.05, 0) is 18.8 Å². The van der Waals surface area contributed by atoms with Crippen LogP contribution in [0.3, 0.4) is 0 Å². The van der Waals surface area contributed by atoms with Crippen LogP contribution in [0.1, 0.15) is 39.0 Å². The first-order valence-corrected chi connectivity index (χ1v) is 4.28. The van der Waals surface area contributed by atoms with E-state index in [0.29, 0.717) is 11.8 Å². The smallest absolute Gasteiger partial charge is 0.0658 e. The van der Waals surface area contributed by atoms with Crippen LogP contribution in [0.15, 0.2) is 0 Å². The molecule has 56 valence electrons. The first-order chi connectivity index (χ1) is 4.88. The molecule has 1 fully saturated rings. The van der Waals surface area contributed by atoms with Crippen LogP contribution in [-0.4, -0.2) is 0 Å². The van der Waals surface area contributed by atoms with Gasteiger partial charge >= 0.3 is 0 Å². The summed E-state index contributed by atoms with van der Waals surface area (Å²) >= 11 is 0. The van der Waals surface area contributed by atoms with Crippen molar-refractivity contribution in [1.29, 1.82) is 5.26 Å². The minimum absolute atomic E-state index is 0.374. The molecule has 1 heteroatoms. The van der Waals surface area contributed by atoms with Crippen molar-refractivity contribution in [3.8, 4) is 6.07 Å². The summed E-state index contributed by atoms with van der Waals surface area (Å²) in [4.78, 5) is 0. The molecular formula is C9H15N. The van der Waals surface area contributed by atoms with Crippen molar-refractivity contribution in [2.24, 2.45) is 11.8 Å². The number of rotatable bonds is 1. The van der Waals surface area contributed by atoms with Crippen LogP contribution in [0.25, 0.3) is 0 Å². The SMILES string of the molecule is CC[C@@H]1CCCC[C@@H]1C#N. The molecule has 1 aliphatic rings. The predicted molar refractivity (Wildman–Crippen MR) is 41.4 cm³/mol. The van der Waals surface area contributed by atoms with Crippen molar-refractivity contribution in [1.82, 2.24) is 0 Å². The molecule has 0 unspecified atom stereocenters. The summed E-state index contributed by atoms with van der Waals surface area (Å²) in [5.74, 6) is 1.08. The van der Waals surface area contributed by atoms with Crippen molar-refractivity contribution >= 4 is 0 Å². The molecule has 1 rings (SSSR count). The number of hydrogen-bond donors (Lipinski definition) is 0. The summed E-state index contributed by atoms with van der Waals surface area (Å²) in [6.07, 6.45) is 6.24. The van der Waals surface area contributed by atoms with E-state index in [1.54, 1.807) is 0 Å². The lowest BCUT2D eigenvalue weighted by atomic mass is 9.79. The Bertz CT molecular complexity index is 134. The van der Waals surface area contributed by atoms with Gasteiger partial charge in [0.25, 0.3) is 0 Å². The van der Waals surface area contributed by atoms with Crippen molar-refractivity contribution < 1.29 is 0 Å². The van der Waals surface area contributed by atoms with Gasteiger partial charge in [-0.1, -0.05) is 26.2 Å². The maximum Gasteiger partial charge on any atom is 0.0658 e. The van der Waals surface area contributed by atoms with Crippen molar-refractivity contribution in [2.75, 3.05) is 0 Å². The molecule has 0 aromatic heterocycles. The molecule has 1 saturated carbocycles. The van der Waals surface area contributed by atoms with Crippen LogP contribution < -0.4 is 0 Å². The molecule has 0 N–H and O–H groups in total. The van der Waals surface area contributed by atoms with Crippen LogP contribution in [0.5, 0.6) is 0 Å². The molecule has 0 radical (unpaired) electrons. The normalized spacial score (nSPS) is 33.2. The fraction of sp³-hybridized carbons (Fsp3) is 0.889. The van der Waals surface area contributed by atoms with Crippen LogP contribution >= 0.6 is 0 Å². The summed E-state index contributed by atoms with van der Waals surface area (Å²) in [5, 5.41) is 8.74. The van der Waals surface area contributed by atoms with Crippen LogP contribution in [0.4, 0.5) is 0 Å². The molecule has 2 atom stereocenters. The largest absolute Gasteiger partial charge is 0.198 e. The third-order valence-electron chi connectivity index (χ3n) is 2.60. The summed E-state index contributed by atoms with van der Waals surface area (Å²) in [6, 6.07) is 2.40. The maximum absolute atomic E-state index is 8.74. The number of hydrogen-bond acceptors (Lipinski definition) is 1. The van der Waals surface area contributed by atoms with Crippen molar-refractivity contribution in [3.63, 3.8) is 0 Å². The minimum Gasteiger partial charge on any atom is -0.198 e. The highest BCUT2D eigenvalue weighted by Gasteiger charge is 2.22. The molecule has 1 nitrogen and oxygen atoms in total. The highest BCUT2D eigenvalue weighted by molar-refractivity contribution is 4.89. The van der Waals surface area contributed by atoms with Gasteiger partial charge in [-0.15, -0.1) is 0 Å². The molecule has 0 bridgehead atoms. The molecule has 0 aromatic rings. The Hall–Kier alpha value is -0.510. The topological polar surface area (TPSA) is 23.8 Å². The third kappa shape index (κ3) is 1.50. The van der Waals surface area contributed by atoms with E-state index in [-0.39, 0.29) is 0 Å². The molecule has 0 saturated heterocycles. The Labute approximate surface area is 63.0 Å². The van der Waals surface area contributed by atoms with Crippen LogP contribution in [-0.2, 0) is 0 Å². The van der Waals surface area contributed by atoms with Gasteiger partial charge in [0.05, 0.1) is 6.07 Å². The molecule has 1 aliphatic carbocycles. The predicted octanol–water partition coefficient (Wildman–Crippen LogP) is 2.73. The van der Waals surface area contributed by atoms with Gasteiger partial charge < -0.3 is 0 Å². The highest BCUT2D eigenvalue weighted by Crippen LogP contribution is 2.31. The summed E-state index contributed by atoms with van der Waals surface area (Å²) in [6.45, 7) is 2.19. The van der Waals surface area contributed by atoms with E-state index in [1.165, 1.54) is 25.7 Å². The van der Waals surface area contributed by atoms with E-state index >= 15 is 0 Å². The van der Waals surface area contributed by atoms with Gasteiger partial charge in [0.1, 0.15) is 0 Å². The third-order valence-corrected chi connectivity index (χ3v) is 2.60. The highest BCUT2D eigenvalue weighted by atomic mass is 14.3. The fourth-order valence-electron chi connectivity index (χ4n) is 1.87. The summed E-state index contributed by atoms with van der Waals surface area (Å²) in [5.41, 5.74) is 0. The van der Waals surface area contributed by atoms with Crippen molar-refractivity contribution in [3.05, 3.63) is 0 Å². The Kier molecular flexibility index (Phi) is 2.74. The zero-order valence-corrected chi connectivity index (χ0v) is 6.64. The lowest BCUT2D eigenvalue weighted by Gasteiger charge is -2.24. The molecule has 10 heavy (non-hydrogen) atoms. The Morgan fingerprint density at radius 3 is 2.60 bits per heavy atom. The van der Waals surface area contributed by atoms with Crippen LogP contribution in [0.2, 0.25) is 0 Å². The molecular weight excluding hydrogens is 122 g/mol. The van der Waals surface area contributed by atoms with Gasteiger partial charge in [-0.3, -0.25) is 0 Å². The minimum atomic E-state index is 0.374. The van der Waals surface area contributed by atoms with Gasteiger partial charge in [0.2, 0.25) is 0 Å². The second-order valence-corrected chi connectivity index (χ2v) is 3.19. The molecule has 0 amide bonds. The second-order valence-electron chi connectivity index (χ2n) is 3.19. The number of nitriles is 1. The summed E-state index contributed by atoms with van der Waals surface area (Å²) in [7, 11) is 0. The molecule has 0 spiro atoms. The average molecular weight is 137 g/mol. The maximum atomic E-state index is 8.74. The van der Waals surface area contributed by atoms with Gasteiger partial charge in [-0.2, -0.15) is 5.26 Å². The van der Waals surface area contributed by atoms with Gasteiger partial charge in [0.15, 0.2) is 0 Å². The van der Waals surface area contributed by atoms with E-state index < -0.39 is 0 Å². The first-order valence-electron chi connectivity index (χ1n) is 4.28. The standard InChI is InChI=1S/C9H15N/c1-2-8-5-3-4-6-9(8)7-10/h8-9H,2-6H2,1H3/t8-,9-/m1/s1. The fourth-order valence-corrected chi connectivity index (χ4v) is 1.87. The Balaban J connectivity index is 2.44. The average Bonchev–Trinajstić information content (AvgIpc) is 2.04. The first kappa shape index (κ1) is 7.60.